The van der Waals surface area contributed by atoms with Gasteiger partial charge in [0.1, 0.15) is 6.10 Å². The van der Waals surface area contributed by atoms with E-state index < -0.39 is 35.4 Å². The summed E-state index contributed by atoms with van der Waals surface area (Å²) in [5, 5.41) is 32.7. The smallest absolute Gasteiger partial charge is 0.339 e. The minimum Gasteiger partial charge on any atom is -0.547 e. The molecule has 2 atom stereocenters. The molecule has 0 aliphatic rings. The molecule has 10 heteroatoms. The zero-order valence-electron chi connectivity index (χ0n) is 24.3. The first-order chi connectivity index (χ1) is 22.2. The number of aliphatic carboxylic acids is 2. The van der Waals surface area contributed by atoms with E-state index in [1.165, 1.54) is 65.6 Å². The number of rotatable bonds is 7. The normalized spacial score (nSPS) is 12.2. The minimum absolute atomic E-state index is 0.162. The van der Waals surface area contributed by atoms with Crippen molar-refractivity contribution in [2.75, 3.05) is 0 Å². The van der Waals surface area contributed by atoms with Crippen molar-refractivity contribution >= 4 is 34.7 Å². The SMILES string of the molecule is O=C(O[C@@](C(=O)[O-])(C(=O)c1ccccc1)[C@H](O)C(=O)[O-])c1ccccc1.c1cc[n+]2ccccc2c1.c1cc[n+]2ccccc2c1. The van der Waals surface area contributed by atoms with Gasteiger partial charge in [-0.1, -0.05) is 48.5 Å². The summed E-state index contributed by atoms with van der Waals surface area (Å²) in [4.78, 5) is 47.7. The molecular weight excluding hydrogens is 588 g/mol. The third kappa shape index (κ3) is 7.81. The van der Waals surface area contributed by atoms with Gasteiger partial charge in [-0.25, -0.2) is 4.79 Å². The monoisotopic (exact) mass is 616 g/mol. The highest BCUT2D eigenvalue weighted by atomic mass is 16.6. The van der Waals surface area contributed by atoms with Crippen LogP contribution >= 0.6 is 0 Å². The summed E-state index contributed by atoms with van der Waals surface area (Å²) in [7, 11) is 0. The lowest BCUT2D eigenvalue weighted by molar-refractivity contribution is -0.512. The van der Waals surface area contributed by atoms with E-state index in [4.69, 9.17) is 4.74 Å². The van der Waals surface area contributed by atoms with E-state index in [-0.39, 0.29) is 11.1 Å². The van der Waals surface area contributed by atoms with Crippen LogP contribution in [0.2, 0.25) is 0 Å². The molecule has 0 radical (unpaired) electrons. The molecule has 0 amide bonds. The quantitative estimate of drug-likeness (QED) is 0.122. The zero-order valence-corrected chi connectivity index (χ0v) is 24.3. The molecule has 10 nitrogen and oxygen atoms in total. The Labute approximate surface area is 263 Å². The number of ether oxygens (including phenoxy) is 1. The number of ketones is 1. The first-order valence-corrected chi connectivity index (χ1v) is 13.9. The number of carboxylic acids is 2. The van der Waals surface area contributed by atoms with E-state index in [1.807, 2.05) is 73.3 Å². The molecule has 46 heavy (non-hydrogen) atoms. The van der Waals surface area contributed by atoms with Crippen molar-refractivity contribution in [1.82, 2.24) is 0 Å². The molecule has 0 saturated carbocycles. The van der Waals surface area contributed by atoms with Gasteiger partial charge in [-0.3, -0.25) is 4.79 Å². The third-order valence-corrected chi connectivity index (χ3v) is 6.64. The Morgan fingerprint density at radius 2 is 0.935 bits per heavy atom. The van der Waals surface area contributed by atoms with Crippen LogP contribution in [-0.4, -0.2) is 40.5 Å². The molecule has 6 rings (SSSR count). The van der Waals surface area contributed by atoms with E-state index in [1.54, 1.807) is 6.07 Å². The Morgan fingerprint density at radius 1 is 0.565 bits per heavy atom. The standard InChI is InChI=1S/C18H14O8.2C9H8N/c19-13(11-7-3-1-4-8-11)18(17(24)25,14(20)15(21)22)26-16(23)12-9-5-2-6-10-12;2*1-3-7-10-8-4-2-6-9(10)5-1/h1-10,14,20H,(H,21,22)(H,24,25);2*1-8H/q;2*+1/p-2/t14-,18+;;/m1../s1. The maximum absolute atomic E-state index is 12.7. The predicted octanol–water partition coefficient (Wildman–Crippen LogP) is 1.18. The van der Waals surface area contributed by atoms with Crippen molar-refractivity contribution in [3.05, 3.63) is 169 Å². The van der Waals surface area contributed by atoms with Crippen LogP contribution in [0.4, 0.5) is 0 Å². The summed E-state index contributed by atoms with van der Waals surface area (Å²) in [5.74, 6) is -7.52. The number of aliphatic hydroxyl groups is 1. The fourth-order valence-electron chi connectivity index (χ4n) is 4.31. The average molecular weight is 617 g/mol. The van der Waals surface area contributed by atoms with Crippen LogP contribution in [0.15, 0.2) is 158 Å². The van der Waals surface area contributed by atoms with E-state index in [2.05, 4.69) is 33.1 Å². The van der Waals surface area contributed by atoms with Gasteiger partial charge >= 0.3 is 5.97 Å². The van der Waals surface area contributed by atoms with E-state index in [0.717, 1.165) is 0 Å². The van der Waals surface area contributed by atoms with Crippen LogP contribution < -0.4 is 19.0 Å². The van der Waals surface area contributed by atoms with Crippen LogP contribution in [-0.2, 0) is 14.3 Å². The fourth-order valence-corrected chi connectivity index (χ4v) is 4.31. The van der Waals surface area contributed by atoms with Crippen LogP contribution in [0.5, 0.6) is 0 Å². The number of aliphatic hydroxyl groups excluding tert-OH is 1. The van der Waals surface area contributed by atoms with Gasteiger partial charge in [0.25, 0.3) is 0 Å². The van der Waals surface area contributed by atoms with Gasteiger partial charge in [-0.2, -0.15) is 8.80 Å². The van der Waals surface area contributed by atoms with Gasteiger partial charge in [0.15, 0.2) is 24.8 Å². The van der Waals surface area contributed by atoms with Gasteiger partial charge in [-0.15, -0.1) is 0 Å². The van der Waals surface area contributed by atoms with E-state index in [0.29, 0.717) is 0 Å². The summed E-state index contributed by atoms with van der Waals surface area (Å²) in [6, 6.07) is 38.1. The zero-order chi connectivity index (χ0) is 32.9. The molecule has 0 fully saturated rings. The maximum atomic E-state index is 12.7. The van der Waals surface area contributed by atoms with Crippen molar-refractivity contribution in [2.24, 2.45) is 0 Å². The molecule has 4 aromatic heterocycles. The molecule has 2 aromatic carbocycles. The molecule has 0 aliphatic carbocycles. The minimum atomic E-state index is -3.52. The lowest BCUT2D eigenvalue weighted by atomic mass is 9.87. The molecule has 1 N–H and O–H groups in total. The summed E-state index contributed by atoms with van der Waals surface area (Å²) in [5.41, 5.74) is -1.54. The van der Waals surface area contributed by atoms with Crippen LogP contribution in [0.25, 0.3) is 11.0 Å². The molecule has 0 bridgehead atoms. The molecule has 4 heterocycles. The number of esters is 1. The average Bonchev–Trinajstić information content (AvgIpc) is 3.11. The summed E-state index contributed by atoms with van der Waals surface area (Å²) in [6.45, 7) is 0. The Balaban J connectivity index is 0.000000192. The van der Waals surface area contributed by atoms with Crippen LogP contribution in [0.3, 0.4) is 0 Å². The molecule has 6 aromatic rings. The number of hydrogen-bond acceptors (Lipinski definition) is 8. The molecule has 0 aliphatic heterocycles. The number of Topliss-reactive ketones (excluding diaryl/α,β-unsaturated/α-hetero) is 1. The Morgan fingerprint density at radius 3 is 1.28 bits per heavy atom. The number of fused-ring (bicyclic) bond motifs is 2. The van der Waals surface area contributed by atoms with Crippen molar-refractivity contribution in [1.29, 1.82) is 0 Å². The number of hydrogen-bond donors (Lipinski definition) is 1. The van der Waals surface area contributed by atoms with Gasteiger partial charge in [0, 0.05) is 54.1 Å². The van der Waals surface area contributed by atoms with Crippen LogP contribution in [0, 0.1) is 0 Å². The number of benzene rings is 2. The van der Waals surface area contributed by atoms with Gasteiger partial charge in [0.05, 0.1) is 17.5 Å². The molecule has 0 saturated heterocycles. The van der Waals surface area contributed by atoms with E-state index in [9.17, 15) is 34.5 Å². The fraction of sp³-hybridized carbons (Fsp3) is 0.0556. The van der Waals surface area contributed by atoms with Crippen molar-refractivity contribution < 1.29 is 48.0 Å². The topological polar surface area (TPSA) is 152 Å². The molecular formula is C36H28N2O8. The number of carbonyl (C=O) groups excluding carboxylic acids is 4. The highest BCUT2D eigenvalue weighted by Gasteiger charge is 2.52. The lowest BCUT2D eigenvalue weighted by Gasteiger charge is -2.37. The number of carboxylic acid groups (broad SMARTS) is 2. The highest BCUT2D eigenvalue weighted by Crippen LogP contribution is 2.24. The largest absolute Gasteiger partial charge is 0.547 e. The first kappa shape index (κ1) is 32.6. The second kappa shape index (κ2) is 15.5. The number of aromatic nitrogens is 2. The second-order valence-electron chi connectivity index (χ2n) is 9.66. The van der Waals surface area contributed by atoms with Gasteiger partial charge in [-0.05, 0) is 36.4 Å². The summed E-state index contributed by atoms with van der Waals surface area (Å²) >= 11 is 0. The Kier molecular flexibility index (Phi) is 11.0. The summed E-state index contributed by atoms with van der Waals surface area (Å²) in [6.07, 6.45) is 5.16. The lowest BCUT2D eigenvalue weighted by Crippen LogP contribution is -2.67. The first-order valence-electron chi connectivity index (χ1n) is 13.9. The highest BCUT2D eigenvalue weighted by molar-refractivity contribution is 6.18. The number of nitrogens with zero attached hydrogens (tertiary/aromatic N) is 2. The van der Waals surface area contributed by atoms with Gasteiger partial charge < -0.3 is 29.6 Å². The molecule has 0 unspecified atom stereocenters. The van der Waals surface area contributed by atoms with Crippen molar-refractivity contribution in [3.8, 4) is 0 Å². The number of pyridine rings is 4. The molecule has 230 valence electrons. The van der Waals surface area contributed by atoms with Crippen molar-refractivity contribution in [2.45, 2.75) is 11.7 Å². The Hall–Kier alpha value is -6.26. The van der Waals surface area contributed by atoms with E-state index >= 15 is 0 Å². The second-order valence-corrected chi connectivity index (χ2v) is 9.66. The third-order valence-electron chi connectivity index (χ3n) is 6.64. The maximum Gasteiger partial charge on any atom is 0.339 e. The predicted molar refractivity (Wildman–Crippen MR) is 161 cm³/mol. The summed E-state index contributed by atoms with van der Waals surface area (Å²) < 4.78 is 8.87. The molecule has 0 spiro atoms. The number of carbonyl (C=O) groups is 4. The van der Waals surface area contributed by atoms with Gasteiger partial charge in [0.2, 0.25) is 22.4 Å². The Bertz CT molecular complexity index is 1750. The van der Waals surface area contributed by atoms with Crippen molar-refractivity contribution in [3.63, 3.8) is 0 Å². The van der Waals surface area contributed by atoms with Crippen LogP contribution in [0.1, 0.15) is 20.7 Å².